The van der Waals surface area contributed by atoms with Crippen LogP contribution in [-0.4, -0.2) is 17.4 Å². The number of carbonyl (C=O) groups excluding carboxylic acids is 1. The smallest absolute Gasteiger partial charge is 0.269 e. The van der Waals surface area contributed by atoms with E-state index in [1.54, 1.807) is 0 Å². The summed E-state index contributed by atoms with van der Waals surface area (Å²) in [5, 5.41) is 9.99. The fourth-order valence-electron chi connectivity index (χ4n) is 0.530. The maximum atomic E-state index is 10.5. The first-order chi connectivity index (χ1) is 4.72. The van der Waals surface area contributed by atoms with Gasteiger partial charge in [-0.15, -0.1) is 0 Å². The number of nitrogens with one attached hydrogen (secondary N) is 1. The molecule has 1 rings (SSSR count). The second-order valence-corrected chi connectivity index (χ2v) is 1.59. The van der Waals surface area contributed by atoms with E-state index in [0.29, 0.717) is 0 Å². The van der Waals surface area contributed by atoms with Crippen molar-refractivity contribution in [1.82, 2.24) is 5.48 Å². The quantitative estimate of drug-likeness (QED) is 0.386. The molecule has 0 aliphatic carbocycles. The van der Waals surface area contributed by atoms with Gasteiger partial charge in [0.2, 0.25) is 0 Å². The summed E-state index contributed by atoms with van der Waals surface area (Å²) in [5.41, 5.74) is 1.40. The van der Waals surface area contributed by atoms with Gasteiger partial charge in [0.1, 0.15) is 0 Å². The SMILES string of the molecule is O=C1NOCC=C1[N+](=O)[O-]. The standard InChI is InChI=1S/C4H4N2O4/c7-4-3(6(8)9)1-2-10-5-4/h1H,2H2,(H,5,7). The lowest BCUT2D eigenvalue weighted by molar-refractivity contribution is -0.421. The first-order valence-corrected chi connectivity index (χ1v) is 2.48. The number of carbonyl (C=O) groups is 1. The van der Waals surface area contributed by atoms with Crippen LogP contribution in [-0.2, 0) is 9.63 Å². The average molecular weight is 144 g/mol. The van der Waals surface area contributed by atoms with Crippen LogP contribution in [0.1, 0.15) is 0 Å². The Morgan fingerprint density at radius 2 is 2.50 bits per heavy atom. The number of hydrogen-bond acceptors (Lipinski definition) is 4. The third kappa shape index (κ3) is 1.11. The molecule has 1 aliphatic rings. The van der Waals surface area contributed by atoms with Crippen LogP contribution in [0.5, 0.6) is 0 Å². The monoisotopic (exact) mass is 144 g/mol. The van der Waals surface area contributed by atoms with Crippen LogP contribution in [0.25, 0.3) is 0 Å². The Kier molecular flexibility index (Phi) is 1.63. The van der Waals surface area contributed by atoms with Gasteiger partial charge in [0.05, 0.1) is 11.5 Å². The second kappa shape index (κ2) is 2.44. The van der Waals surface area contributed by atoms with Crippen LogP contribution < -0.4 is 5.48 Å². The Morgan fingerprint density at radius 1 is 1.80 bits per heavy atom. The van der Waals surface area contributed by atoms with Gasteiger partial charge in [-0.25, -0.2) is 5.48 Å². The van der Waals surface area contributed by atoms with Crippen molar-refractivity contribution in [3.05, 3.63) is 21.9 Å². The van der Waals surface area contributed by atoms with E-state index >= 15 is 0 Å². The maximum Gasteiger partial charge on any atom is 0.345 e. The van der Waals surface area contributed by atoms with Gasteiger partial charge in [0.15, 0.2) is 0 Å². The topological polar surface area (TPSA) is 81.5 Å². The molecule has 0 saturated heterocycles. The molecule has 1 N–H and O–H groups in total. The van der Waals surface area contributed by atoms with E-state index in [2.05, 4.69) is 4.84 Å². The molecule has 0 atom stereocenters. The minimum absolute atomic E-state index is 0.0437. The van der Waals surface area contributed by atoms with Crippen molar-refractivity contribution < 1.29 is 14.6 Å². The lowest BCUT2D eigenvalue weighted by atomic mass is 10.4. The zero-order valence-corrected chi connectivity index (χ0v) is 4.86. The van der Waals surface area contributed by atoms with Crippen LogP contribution in [0, 0.1) is 10.1 Å². The average Bonchev–Trinajstić information content (AvgIpc) is 1.88. The Balaban J connectivity index is 2.81. The molecule has 0 aromatic heterocycles. The van der Waals surface area contributed by atoms with Gasteiger partial charge >= 0.3 is 11.6 Å². The summed E-state index contributed by atoms with van der Waals surface area (Å²) in [5.74, 6) is -0.809. The van der Waals surface area contributed by atoms with Gasteiger partial charge in [-0.05, 0) is 0 Å². The van der Waals surface area contributed by atoms with E-state index in [1.807, 2.05) is 5.48 Å². The van der Waals surface area contributed by atoms with Crippen molar-refractivity contribution in [2.45, 2.75) is 0 Å². The lowest BCUT2D eigenvalue weighted by Gasteiger charge is -2.05. The summed E-state index contributed by atoms with van der Waals surface area (Å²) >= 11 is 0. The van der Waals surface area contributed by atoms with E-state index in [4.69, 9.17) is 0 Å². The van der Waals surface area contributed by atoms with Crippen molar-refractivity contribution in [1.29, 1.82) is 0 Å². The van der Waals surface area contributed by atoms with Crippen LogP contribution in [0.2, 0.25) is 0 Å². The molecular weight excluding hydrogens is 140 g/mol. The van der Waals surface area contributed by atoms with E-state index in [-0.39, 0.29) is 6.61 Å². The maximum absolute atomic E-state index is 10.5. The highest BCUT2D eigenvalue weighted by Gasteiger charge is 2.24. The minimum Gasteiger partial charge on any atom is -0.269 e. The number of hydrogen-bond donors (Lipinski definition) is 1. The minimum atomic E-state index is -0.809. The lowest BCUT2D eigenvalue weighted by Crippen LogP contribution is -2.32. The summed E-state index contributed by atoms with van der Waals surface area (Å²) in [6.45, 7) is 0.0437. The van der Waals surface area contributed by atoms with Gasteiger partial charge in [0, 0.05) is 6.08 Å². The zero-order valence-electron chi connectivity index (χ0n) is 4.86. The highest BCUT2D eigenvalue weighted by atomic mass is 16.7. The molecular formula is C4H4N2O4. The van der Waals surface area contributed by atoms with Crippen LogP contribution in [0.3, 0.4) is 0 Å². The fraction of sp³-hybridized carbons (Fsp3) is 0.250. The van der Waals surface area contributed by atoms with E-state index < -0.39 is 16.5 Å². The summed E-state index contributed by atoms with van der Waals surface area (Å²) in [7, 11) is 0. The highest BCUT2D eigenvalue weighted by Crippen LogP contribution is 1.99. The first-order valence-electron chi connectivity index (χ1n) is 2.48. The molecule has 0 fully saturated rings. The van der Waals surface area contributed by atoms with E-state index in [1.165, 1.54) is 0 Å². The molecule has 54 valence electrons. The Morgan fingerprint density at radius 3 is 2.90 bits per heavy atom. The number of amides is 1. The van der Waals surface area contributed by atoms with Crippen molar-refractivity contribution in [3.63, 3.8) is 0 Å². The summed E-state index contributed by atoms with van der Waals surface area (Å²) in [6, 6.07) is 0. The predicted molar refractivity (Wildman–Crippen MR) is 29.2 cm³/mol. The van der Waals surface area contributed by atoms with Crippen molar-refractivity contribution in [2.24, 2.45) is 0 Å². The van der Waals surface area contributed by atoms with E-state index in [9.17, 15) is 14.9 Å². The van der Waals surface area contributed by atoms with Crippen molar-refractivity contribution >= 4 is 5.91 Å². The molecule has 0 unspecified atom stereocenters. The second-order valence-electron chi connectivity index (χ2n) is 1.59. The summed E-state index contributed by atoms with van der Waals surface area (Å²) in [6.07, 6.45) is 1.11. The predicted octanol–water partition coefficient (Wildman–Crippen LogP) is -0.792. The molecule has 6 heteroatoms. The normalized spacial score (nSPS) is 17.6. The van der Waals surface area contributed by atoms with E-state index in [0.717, 1.165) is 6.08 Å². The van der Waals surface area contributed by atoms with Crippen molar-refractivity contribution in [3.8, 4) is 0 Å². The van der Waals surface area contributed by atoms with Crippen LogP contribution in [0.15, 0.2) is 11.8 Å². The number of nitro groups is 1. The molecule has 0 radical (unpaired) electrons. The first kappa shape index (κ1) is 6.69. The molecule has 1 heterocycles. The molecule has 6 nitrogen and oxygen atoms in total. The molecule has 10 heavy (non-hydrogen) atoms. The molecule has 0 spiro atoms. The van der Waals surface area contributed by atoms with Gasteiger partial charge in [-0.2, -0.15) is 0 Å². The summed E-state index contributed by atoms with van der Waals surface area (Å²) < 4.78 is 0. The Hall–Kier alpha value is -1.43. The van der Waals surface area contributed by atoms with Gasteiger partial charge in [0.25, 0.3) is 0 Å². The summed E-state index contributed by atoms with van der Waals surface area (Å²) in [4.78, 5) is 24.1. The Labute approximate surface area is 55.6 Å². The number of rotatable bonds is 1. The van der Waals surface area contributed by atoms with Crippen molar-refractivity contribution in [2.75, 3.05) is 6.61 Å². The largest absolute Gasteiger partial charge is 0.345 e. The Bertz CT molecular complexity index is 209. The fourth-order valence-corrected chi connectivity index (χ4v) is 0.530. The third-order valence-electron chi connectivity index (χ3n) is 0.954. The highest BCUT2D eigenvalue weighted by molar-refractivity contribution is 5.90. The molecule has 1 amide bonds. The molecule has 0 bridgehead atoms. The van der Waals surface area contributed by atoms with Crippen LogP contribution in [0.4, 0.5) is 0 Å². The number of hydroxylamine groups is 1. The van der Waals surface area contributed by atoms with Gasteiger partial charge < -0.3 is 0 Å². The molecule has 0 aromatic carbocycles. The zero-order chi connectivity index (χ0) is 7.56. The van der Waals surface area contributed by atoms with Gasteiger partial charge in [-0.1, -0.05) is 0 Å². The third-order valence-corrected chi connectivity index (χ3v) is 0.954. The molecule has 0 saturated carbocycles. The molecule has 1 aliphatic heterocycles. The molecule has 0 aromatic rings. The number of nitrogens with zero attached hydrogens (tertiary/aromatic N) is 1. The van der Waals surface area contributed by atoms with Crippen LogP contribution >= 0.6 is 0 Å². The van der Waals surface area contributed by atoms with Gasteiger partial charge in [-0.3, -0.25) is 19.7 Å².